The lowest BCUT2D eigenvalue weighted by Gasteiger charge is -2.16. The van der Waals surface area contributed by atoms with Crippen molar-refractivity contribution < 1.29 is 14.3 Å². The first-order valence-corrected chi connectivity index (χ1v) is 6.45. The summed E-state index contributed by atoms with van der Waals surface area (Å²) >= 11 is 0. The number of hydrogen-bond donors (Lipinski definition) is 2. The Kier molecular flexibility index (Phi) is 3.83. The highest BCUT2D eigenvalue weighted by atomic mass is 16.5. The second kappa shape index (κ2) is 5.40. The lowest BCUT2D eigenvalue weighted by Crippen LogP contribution is -2.30. The Morgan fingerprint density at radius 1 is 1.20 bits per heavy atom. The average molecular weight is 277 g/mol. The van der Waals surface area contributed by atoms with Gasteiger partial charge in [-0.1, -0.05) is 6.92 Å². The third-order valence-corrected chi connectivity index (χ3v) is 3.63. The van der Waals surface area contributed by atoms with Crippen LogP contribution in [0.4, 0.5) is 11.4 Å². The molecule has 4 N–H and O–H groups in total. The van der Waals surface area contributed by atoms with Crippen molar-refractivity contribution in [3.8, 4) is 0 Å². The van der Waals surface area contributed by atoms with Crippen LogP contribution in [0.5, 0.6) is 0 Å². The number of ether oxygens (including phenoxy) is 1. The van der Waals surface area contributed by atoms with Gasteiger partial charge in [0.25, 0.3) is 5.91 Å². The highest BCUT2D eigenvalue weighted by Crippen LogP contribution is 2.26. The number of benzene rings is 1. The number of carbonyl (C=O) groups is 2. The van der Waals surface area contributed by atoms with Gasteiger partial charge in [-0.05, 0) is 24.1 Å². The van der Waals surface area contributed by atoms with Gasteiger partial charge in [0.1, 0.15) is 0 Å². The Bertz CT molecular complexity index is 524. The molecule has 0 radical (unpaired) electrons. The van der Waals surface area contributed by atoms with Gasteiger partial charge in [0.15, 0.2) is 0 Å². The van der Waals surface area contributed by atoms with Gasteiger partial charge in [-0.2, -0.15) is 0 Å². The smallest absolute Gasteiger partial charge is 0.310 e. The minimum absolute atomic E-state index is 0.0739. The van der Waals surface area contributed by atoms with Crippen molar-refractivity contribution in [3.05, 3.63) is 23.8 Å². The van der Waals surface area contributed by atoms with Crippen molar-refractivity contribution in [2.75, 3.05) is 31.7 Å². The molecule has 0 aromatic heterocycles. The monoisotopic (exact) mass is 277 g/mol. The summed E-state index contributed by atoms with van der Waals surface area (Å²) in [5.41, 5.74) is 12.7. The fourth-order valence-corrected chi connectivity index (χ4v) is 2.57. The van der Waals surface area contributed by atoms with E-state index in [4.69, 9.17) is 16.2 Å². The minimum atomic E-state index is -0.278. The number of nitrogens with two attached hydrogens (primary N) is 2. The van der Waals surface area contributed by atoms with Gasteiger partial charge < -0.3 is 21.1 Å². The molecule has 0 spiro atoms. The number of nitrogens with zero attached hydrogens (tertiary/aromatic N) is 1. The van der Waals surface area contributed by atoms with Gasteiger partial charge in [0.2, 0.25) is 0 Å². The molecule has 1 aromatic carbocycles. The number of carbonyl (C=O) groups excluding carboxylic acids is 2. The zero-order valence-electron chi connectivity index (χ0n) is 11.6. The van der Waals surface area contributed by atoms with Crippen LogP contribution >= 0.6 is 0 Å². The fourth-order valence-electron chi connectivity index (χ4n) is 2.57. The molecule has 2 atom stereocenters. The number of nitrogen functional groups attached to an aromatic ring is 2. The molecule has 1 amide bonds. The largest absolute Gasteiger partial charge is 0.469 e. The van der Waals surface area contributed by atoms with E-state index >= 15 is 0 Å². The second-order valence-corrected chi connectivity index (χ2v) is 5.21. The Morgan fingerprint density at radius 3 is 2.35 bits per heavy atom. The molecule has 1 aliphatic heterocycles. The summed E-state index contributed by atoms with van der Waals surface area (Å²) in [6, 6.07) is 4.78. The van der Waals surface area contributed by atoms with E-state index in [9.17, 15) is 9.59 Å². The number of rotatable bonds is 2. The molecular weight excluding hydrogens is 258 g/mol. The predicted molar refractivity (Wildman–Crippen MR) is 75.8 cm³/mol. The van der Waals surface area contributed by atoms with Crippen molar-refractivity contribution in [2.24, 2.45) is 11.8 Å². The Balaban J connectivity index is 2.16. The van der Waals surface area contributed by atoms with E-state index in [0.29, 0.717) is 30.0 Å². The molecule has 0 aliphatic carbocycles. The molecule has 1 heterocycles. The number of methoxy groups -OCH3 is 1. The molecule has 6 heteroatoms. The zero-order valence-corrected chi connectivity index (χ0v) is 11.6. The van der Waals surface area contributed by atoms with Gasteiger partial charge >= 0.3 is 5.97 Å². The van der Waals surface area contributed by atoms with Crippen molar-refractivity contribution in [1.82, 2.24) is 4.90 Å². The van der Waals surface area contributed by atoms with Gasteiger partial charge in [-0.15, -0.1) is 0 Å². The molecule has 1 saturated heterocycles. The van der Waals surface area contributed by atoms with Gasteiger partial charge in [0.05, 0.1) is 13.0 Å². The number of likely N-dealkylation sites (tertiary alicyclic amines) is 1. The van der Waals surface area contributed by atoms with Crippen molar-refractivity contribution in [3.63, 3.8) is 0 Å². The van der Waals surface area contributed by atoms with E-state index in [2.05, 4.69) is 0 Å². The third kappa shape index (κ3) is 2.68. The summed E-state index contributed by atoms with van der Waals surface area (Å²) < 4.78 is 4.76. The maximum Gasteiger partial charge on any atom is 0.310 e. The lowest BCUT2D eigenvalue weighted by atomic mass is 9.99. The minimum Gasteiger partial charge on any atom is -0.469 e. The van der Waals surface area contributed by atoms with Crippen LogP contribution in [0.25, 0.3) is 0 Å². The first-order valence-electron chi connectivity index (χ1n) is 6.45. The Labute approximate surface area is 117 Å². The molecule has 20 heavy (non-hydrogen) atoms. The number of hydrogen-bond acceptors (Lipinski definition) is 5. The first kappa shape index (κ1) is 14.2. The molecule has 0 bridgehead atoms. The highest BCUT2D eigenvalue weighted by Gasteiger charge is 2.37. The fraction of sp³-hybridized carbons (Fsp3) is 0.429. The van der Waals surface area contributed by atoms with Crippen LogP contribution in [0, 0.1) is 11.8 Å². The quantitative estimate of drug-likeness (QED) is 0.613. The summed E-state index contributed by atoms with van der Waals surface area (Å²) in [5, 5.41) is 0. The molecule has 1 aromatic rings. The van der Waals surface area contributed by atoms with Crippen LogP contribution in [0.3, 0.4) is 0 Å². The topological polar surface area (TPSA) is 98.6 Å². The van der Waals surface area contributed by atoms with Crippen LogP contribution < -0.4 is 11.5 Å². The van der Waals surface area contributed by atoms with Crippen LogP contribution in [0.2, 0.25) is 0 Å². The van der Waals surface area contributed by atoms with Crippen LogP contribution in [-0.4, -0.2) is 37.0 Å². The molecule has 2 unspecified atom stereocenters. The number of anilines is 2. The van der Waals surface area contributed by atoms with E-state index < -0.39 is 0 Å². The SMILES string of the molecule is COC(=O)C1CN(C(=O)c2cc(N)cc(N)c2)CC1C. The third-order valence-electron chi connectivity index (χ3n) is 3.63. The van der Waals surface area contributed by atoms with Gasteiger partial charge in [0, 0.05) is 30.0 Å². The number of esters is 1. The summed E-state index contributed by atoms with van der Waals surface area (Å²) in [4.78, 5) is 25.7. The van der Waals surface area contributed by atoms with Crippen molar-refractivity contribution >= 4 is 23.3 Å². The maximum absolute atomic E-state index is 12.4. The van der Waals surface area contributed by atoms with Crippen LogP contribution in [-0.2, 0) is 9.53 Å². The molecule has 6 nitrogen and oxygen atoms in total. The Hall–Kier alpha value is -2.24. The molecule has 108 valence electrons. The summed E-state index contributed by atoms with van der Waals surface area (Å²) in [5.74, 6) is -0.644. The lowest BCUT2D eigenvalue weighted by molar-refractivity contribution is -0.146. The van der Waals surface area contributed by atoms with Crippen molar-refractivity contribution in [2.45, 2.75) is 6.92 Å². The molecular formula is C14H19N3O3. The van der Waals surface area contributed by atoms with Crippen molar-refractivity contribution in [1.29, 1.82) is 0 Å². The van der Waals surface area contributed by atoms with E-state index in [0.717, 1.165) is 0 Å². The molecule has 1 fully saturated rings. The normalized spacial score (nSPS) is 21.8. The van der Waals surface area contributed by atoms with Crippen LogP contribution in [0.15, 0.2) is 18.2 Å². The molecule has 1 aliphatic rings. The molecule has 2 rings (SSSR count). The number of amides is 1. The zero-order chi connectivity index (χ0) is 14.9. The summed E-state index contributed by atoms with van der Waals surface area (Å²) in [6.45, 7) is 2.82. The van der Waals surface area contributed by atoms with Crippen LogP contribution in [0.1, 0.15) is 17.3 Å². The van der Waals surface area contributed by atoms with E-state index in [1.54, 1.807) is 23.1 Å². The summed E-state index contributed by atoms with van der Waals surface area (Å²) in [7, 11) is 1.36. The van der Waals surface area contributed by atoms with E-state index in [1.807, 2.05) is 6.92 Å². The second-order valence-electron chi connectivity index (χ2n) is 5.21. The van der Waals surface area contributed by atoms with E-state index in [-0.39, 0.29) is 23.7 Å². The standard InChI is InChI=1S/C14H19N3O3/c1-8-6-17(7-12(8)14(19)20-2)13(18)9-3-10(15)5-11(16)4-9/h3-5,8,12H,6-7,15-16H2,1-2H3. The van der Waals surface area contributed by atoms with Gasteiger partial charge in [-0.3, -0.25) is 9.59 Å². The van der Waals surface area contributed by atoms with Gasteiger partial charge in [-0.25, -0.2) is 0 Å². The predicted octanol–water partition coefficient (Wildman–Crippen LogP) is 0.732. The maximum atomic E-state index is 12.4. The summed E-state index contributed by atoms with van der Waals surface area (Å²) in [6.07, 6.45) is 0. The first-order chi connectivity index (χ1) is 9.42. The average Bonchev–Trinajstić information content (AvgIpc) is 2.78. The van der Waals surface area contributed by atoms with E-state index in [1.165, 1.54) is 7.11 Å². The molecule has 0 saturated carbocycles. The highest BCUT2D eigenvalue weighted by molar-refractivity contribution is 5.96. The Morgan fingerprint density at radius 2 is 1.80 bits per heavy atom.